The second-order valence-corrected chi connectivity index (χ2v) is 4.97. The van der Waals surface area contributed by atoms with Gasteiger partial charge in [-0.3, -0.25) is 9.69 Å². The molecule has 1 aromatic rings. The molecule has 2 N–H and O–H groups in total. The van der Waals surface area contributed by atoms with E-state index in [4.69, 9.17) is 0 Å². The van der Waals surface area contributed by atoms with Gasteiger partial charge in [-0.15, -0.1) is 0 Å². The molecule has 1 heterocycles. The van der Waals surface area contributed by atoms with Crippen molar-refractivity contribution in [1.29, 1.82) is 0 Å². The fourth-order valence-corrected chi connectivity index (χ4v) is 2.49. The van der Waals surface area contributed by atoms with E-state index in [9.17, 15) is 4.79 Å². The van der Waals surface area contributed by atoms with Gasteiger partial charge in [0.25, 0.3) is 0 Å². The smallest absolute Gasteiger partial charge is 0.234 e. The minimum atomic E-state index is 0.109. The van der Waals surface area contributed by atoms with Gasteiger partial charge in [-0.25, -0.2) is 0 Å². The summed E-state index contributed by atoms with van der Waals surface area (Å²) >= 11 is 0. The van der Waals surface area contributed by atoms with Crippen molar-refractivity contribution in [2.24, 2.45) is 0 Å². The minimum Gasteiger partial charge on any atom is -0.351 e. The highest BCUT2D eigenvalue weighted by atomic mass is 16.2. The van der Waals surface area contributed by atoms with E-state index in [0.29, 0.717) is 19.1 Å². The summed E-state index contributed by atoms with van der Waals surface area (Å²) in [6.07, 6.45) is 1.14. The standard InChI is InChI=1S/C15H23N3O/c1-2-18(14-8-9-16-11-14)12-15(19)17-10-13-6-4-3-5-7-13/h3-7,14,16H,2,8-12H2,1H3,(H,17,19). The van der Waals surface area contributed by atoms with Crippen LogP contribution in [0.15, 0.2) is 30.3 Å². The molecule has 104 valence electrons. The summed E-state index contributed by atoms with van der Waals surface area (Å²) in [4.78, 5) is 14.2. The molecule has 0 saturated carbocycles. The van der Waals surface area contributed by atoms with E-state index in [1.165, 1.54) is 0 Å². The van der Waals surface area contributed by atoms with Crippen molar-refractivity contribution in [3.8, 4) is 0 Å². The third-order valence-electron chi connectivity index (χ3n) is 3.64. The molecule has 1 fully saturated rings. The number of likely N-dealkylation sites (N-methyl/N-ethyl adjacent to an activating group) is 1. The zero-order chi connectivity index (χ0) is 13.5. The lowest BCUT2D eigenvalue weighted by atomic mass is 10.2. The molecule has 1 atom stereocenters. The molecule has 0 radical (unpaired) electrons. The van der Waals surface area contributed by atoms with Crippen LogP contribution < -0.4 is 10.6 Å². The van der Waals surface area contributed by atoms with Gasteiger partial charge >= 0.3 is 0 Å². The SMILES string of the molecule is CCN(CC(=O)NCc1ccccc1)C1CCNC1. The van der Waals surface area contributed by atoms with Crippen molar-refractivity contribution < 1.29 is 4.79 Å². The molecule has 1 amide bonds. The van der Waals surface area contributed by atoms with Gasteiger partial charge in [-0.1, -0.05) is 37.3 Å². The first-order valence-corrected chi connectivity index (χ1v) is 7.05. The van der Waals surface area contributed by atoms with Crippen molar-refractivity contribution in [2.75, 3.05) is 26.2 Å². The number of nitrogens with one attached hydrogen (secondary N) is 2. The Labute approximate surface area is 115 Å². The fraction of sp³-hybridized carbons (Fsp3) is 0.533. The second kappa shape index (κ2) is 7.26. The van der Waals surface area contributed by atoms with Crippen LogP contribution in [0.1, 0.15) is 18.9 Å². The maximum atomic E-state index is 12.0. The lowest BCUT2D eigenvalue weighted by molar-refractivity contribution is -0.122. The molecule has 2 rings (SSSR count). The molecule has 0 aromatic heterocycles. The average Bonchev–Trinajstić information content (AvgIpc) is 2.97. The van der Waals surface area contributed by atoms with Crippen LogP contribution in [0.5, 0.6) is 0 Å². The zero-order valence-corrected chi connectivity index (χ0v) is 11.6. The van der Waals surface area contributed by atoms with Gasteiger partial charge in [0.2, 0.25) is 5.91 Å². The summed E-state index contributed by atoms with van der Waals surface area (Å²) in [6, 6.07) is 10.5. The van der Waals surface area contributed by atoms with E-state index in [1.54, 1.807) is 0 Å². The first kappa shape index (κ1) is 14.0. The normalized spacial score (nSPS) is 18.7. The Kier molecular flexibility index (Phi) is 5.36. The van der Waals surface area contributed by atoms with Crippen molar-refractivity contribution >= 4 is 5.91 Å². The summed E-state index contributed by atoms with van der Waals surface area (Å²) in [7, 11) is 0. The lowest BCUT2D eigenvalue weighted by Crippen LogP contribution is -2.43. The molecule has 0 aliphatic carbocycles. The van der Waals surface area contributed by atoms with E-state index in [-0.39, 0.29) is 5.91 Å². The van der Waals surface area contributed by atoms with Crippen LogP contribution in [0, 0.1) is 0 Å². The van der Waals surface area contributed by atoms with Gasteiger partial charge < -0.3 is 10.6 Å². The lowest BCUT2D eigenvalue weighted by Gasteiger charge is -2.26. The van der Waals surface area contributed by atoms with Crippen molar-refractivity contribution in [3.05, 3.63) is 35.9 Å². The number of hydrogen-bond acceptors (Lipinski definition) is 3. The Hall–Kier alpha value is -1.39. The van der Waals surface area contributed by atoms with E-state index >= 15 is 0 Å². The molecule has 19 heavy (non-hydrogen) atoms. The molecule has 4 nitrogen and oxygen atoms in total. The van der Waals surface area contributed by atoms with Crippen LogP contribution in [0.4, 0.5) is 0 Å². The average molecular weight is 261 g/mol. The van der Waals surface area contributed by atoms with Crippen molar-refractivity contribution in [3.63, 3.8) is 0 Å². The van der Waals surface area contributed by atoms with Crippen LogP contribution in [-0.2, 0) is 11.3 Å². The first-order valence-electron chi connectivity index (χ1n) is 7.05. The monoisotopic (exact) mass is 261 g/mol. The highest BCUT2D eigenvalue weighted by Crippen LogP contribution is 2.07. The third kappa shape index (κ3) is 4.33. The Balaban J connectivity index is 1.76. The molecular weight excluding hydrogens is 238 g/mol. The fourth-order valence-electron chi connectivity index (χ4n) is 2.49. The molecule has 1 aliphatic heterocycles. The molecule has 0 spiro atoms. The van der Waals surface area contributed by atoms with Crippen molar-refractivity contribution in [1.82, 2.24) is 15.5 Å². The quantitative estimate of drug-likeness (QED) is 0.802. The summed E-state index contributed by atoms with van der Waals surface area (Å²) in [5, 5.41) is 6.33. The van der Waals surface area contributed by atoms with E-state index in [2.05, 4.69) is 22.5 Å². The number of carbonyl (C=O) groups excluding carboxylic acids is 1. The number of benzene rings is 1. The molecular formula is C15H23N3O. The predicted octanol–water partition coefficient (Wildman–Crippen LogP) is 0.987. The van der Waals surface area contributed by atoms with Crippen LogP contribution in [0.25, 0.3) is 0 Å². The maximum absolute atomic E-state index is 12.0. The predicted molar refractivity (Wildman–Crippen MR) is 76.8 cm³/mol. The highest BCUT2D eigenvalue weighted by molar-refractivity contribution is 5.78. The van der Waals surface area contributed by atoms with Gasteiger partial charge in [0, 0.05) is 19.1 Å². The summed E-state index contributed by atoms with van der Waals surface area (Å²) in [5.74, 6) is 0.109. The van der Waals surface area contributed by atoms with Gasteiger partial charge in [0.15, 0.2) is 0 Å². The van der Waals surface area contributed by atoms with Crippen molar-refractivity contribution in [2.45, 2.75) is 25.9 Å². The van der Waals surface area contributed by atoms with Gasteiger partial charge in [0.05, 0.1) is 6.54 Å². The highest BCUT2D eigenvalue weighted by Gasteiger charge is 2.22. The summed E-state index contributed by atoms with van der Waals surface area (Å²) in [5.41, 5.74) is 1.14. The summed E-state index contributed by atoms with van der Waals surface area (Å²) < 4.78 is 0. The van der Waals surface area contributed by atoms with E-state index < -0.39 is 0 Å². The number of hydrogen-bond donors (Lipinski definition) is 2. The Morgan fingerprint density at radius 3 is 2.84 bits per heavy atom. The number of amides is 1. The Morgan fingerprint density at radius 1 is 1.42 bits per heavy atom. The molecule has 4 heteroatoms. The van der Waals surface area contributed by atoms with Gasteiger partial charge in [-0.2, -0.15) is 0 Å². The number of carbonyl (C=O) groups is 1. The molecule has 1 aliphatic rings. The van der Waals surface area contributed by atoms with Crippen LogP contribution in [0.3, 0.4) is 0 Å². The third-order valence-corrected chi connectivity index (χ3v) is 3.64. The van der Waals surface area contributed by atoms with E-state index in [0.717, 1.165) is 31.6 Å². The van der Waals surface area contributed by atoms with E-state index in [1.807, 2.05) is 30.3 Å². The summed E-state index contributed by atoms with van der Waals surface area (Å²) in [6.45, 7) is 6.20. The zero-order valence-electron chi connectivity index (χ0n) is 11.6. The van der Waals surface area contributed by atoms with Gasteiger partial charge in [-0.05, 0) is 25.1 Å². The second-order valence-electron chi connectivity index (χ2n) is 4.97. The Morgan fingerprint density at radius 2 is 2.21 bits per heavy atom. The topological polar surface area (TPSA) is 44.4 Å². The largest absolute Gasteiger partial charge is 0.351 e. The molecule has 1 unspecified atom stereocenters. The van der Waals surface area contributed by atoms with Gasteiger partial charge in [0.1, 0.15) is 0 Å². The Bertz CT molecular complexity index is 388. The van der Waals surface area contributed by atoms with Crippen LogP contribution >= 0.6 is 0 Å². The molecule has 1 saturated heterocycles. The van der Waals surface area contributed by atoms with Crippen LogP contribution in [-0.4, -0.2) is 43.0 Å². The maximum Gasteiger partial charge on any atom is 0.234 e. The van der Waals surface area contributed by atoms with Crippen LogP contribution in [0.2, 0.25) is 0 Å². The molecule has 1 aromatic carbocycles. The minimum absolute atomic E-state index is 0.109. The molecule has 0 bridgehead atoms. The number of rotatable bonds is 6. The number of nitrogens with zero attached hydrogens (tertiary/aromatic N) is 1. The first-order chi connectivity index (χ1) is 9.29.